The number of para-hydroxylation sites is 2. The summed E-state index contributed by atoms with van der Waals surface area (Å²) in [5.74, 6) is -0.247. The van der Waals surface area contributed by atoms with Crippen LogP contribution in [0.2, 0.25) is 0 Å². The highest BCUT2D eigenvalue weighted by Crippen LogP contribution is 2.10. The van der Waals surface area contributed by atoms with Gasteiger partial charge in [0.2, 0.25) is 5.91 Å². The molecule has 0 unspecified atom stereocenters. The molecule has 0 radical (unpaired) electrons. The number of benzene rings is 1. The van der Waals surface area contributed by atoms with E-state index in [0.717, 1.165) is 39.1 Å². The maximum Gasteiger partial charge on any atom is 0.317 e. The van der Waals surface area contributed by atoms with Crippen LogP contribution in [0.25, 0.3) is 11.0 Å². The van der Waals surface area contributed by atoms with Gasteiger partial charge in [0, 0.05) is 39.3 Å². The number of hydrogen-bond acceptors (Lipinski definition) is 5. The Balaban J connectivity index is 1.54. The average molecular weight is 416 g/mol. The fourth-order valence-electron chi connectivity index (χ4n) is 4.12. The molecule has 0 aliphatic carbocycles. The van der Waals surface area contributed by atoms with E-state index < -0.39 is 11.1 Å². The van der Waals surface area contributed by atoms with Crippen molar-refractivity contribution in [2.45, 2.75) is 39.8 Å². The van der Waals surface area contributed by atoms with E-state index in [1.54, 1.807) is 18.2 Å². The van der Waals surface area contributed by atoms with E-state index in [1.165, 1.54) is 22.1 Å². The molecule has 164 valence electrons. The lowest BCUT2D eigenvalue weighted by atomic mass is 10.2. The van der Waals surface area contributed by atoms with Gasteiger partial charge in [-0.3, -0.25) is 19.0 Å². The number of fused-ring (bicyclic) bond motifs is 1. The molecular weight excluding hydrogens is 382 g/mol. The van der Waals surface area contributed by atoms with Crippen molar-refractivity contribution in [1.82, 2.24) is 24.3 Å². The van der Waals surface area contributed by atoms with Crippen LogP contribution in [0.1, 0.15) is 26.7 Å². The molecule has 1 saturated heterocycles. The monoisotopic (exact) mass is 415 g/mol. The summed E-state index contributed by atoms with van der Waals surface area (Å²) in [5.41, 5.74) is 0.0190. The zero-order valence-corrected chi connectivity index (χ0v) is 18.1. The topological polar surface area (TPSA) is 79.6 Å². The van der Waals surface area contributed by atoms with E-state index >= 15 is 0 Å². The van der Waals surface area contributed by atoms with E-state index in [9.17, 15) is 14.4 Å². The number of nitrogens with zero attached hydrogens (tertiary/aromatic N) is 4. The lowest BCUT2D eigenvalue weighted by Gasteiger charge is -2.34. The lowest BCUT2D eigenvalue weighted by molar-refractivity contribution is -0.121. The van der Waals surface area contributed by atoms with Gasteiger partial charge in [-0.1, -0.05) is 19.1 Å². The van der Waals surface area contributed by atoms with Crippen LogP contribution in [0, 0.1) is 0 Å². The first kappa shape index (κ1) is 22.2. The number of carbonyl (C=O) groups is 1. The smallest absolute Gasteiger partial charge is 0.317 e. The van der Waals surface area contributed by atoms with Gasteiger partial charge in [-0.25, -0.2) is 0 Å². The number of amides is 1. The van der Waals surface area contributed by atoms with E-state index in [1.807, 2.05) is 13.0 Å². The average Bonchev–Trinajstić information content (AvgIpc) is 2.76. The van der Waals surface area contributed by atoms with Crippen molar-refractivity contribution in [1.29, 1.82) is 0 Å². The number of nitrogens with one attached hydrogen (secondary N) is 1. The molecule has 1 fully saturated rings. The summed E-state index contributed by atoms with van der Waals surface area (Å²) in [6.07, 6.45) is 2.06. The van der Waals surface area contributed by atoms with Gasteiger partial charge in [-0.05, 0) is 45.0 Å². The molecule has 8 nitrogen and oxygen atoms in total. The zero-order valence-electron chi connectivity index (χ0n) is 18.1. The van der Waals surface area contributed by atoms with Crippen LogP contribution in [0.3, 0.4) is 0 Å². The van der Waals surface area contributed by atoms with E-state index in [4.69, 9.17) is 0 Å². The number of rotatable bonds is 9. The summed E-state index contributed by atoms with van der Waals surface area (Å²) in [4.78, 5) is 42.3. The summed E-state index contributed by atoms with van der Waals surface area (Å²) < 4.78 is 2.73. The first-order valence-corrected chi connectivity index (χ1v) is 11.0. The quantitative estimate of drug-likeness (QED) is 0.482. The Morgan fingerprint density at radius 3 is 2.07 bits per heavy atom. The molecule has 1 N–H and O–H groups in total. The second kappa shape index (κ2) is 10.5. The maximum absolute atomic E-state index is 12.5. The minimum Gasteiger partial charge on any atom is -0.355 e. The SMILES string of the molecule is CCCN1CCN(CCCNC(=O)Cn2c(=O)c(=O)n(CC)c3ccccc32)CC1. The Morgan fingerprint density at radius 1 is 0.900 bits per heavy atom. The largest absolute Gasteiger partial charge is 0.355 e. The summed E-state index contributed by atoms with van der Waals surface area (Å²) >= 11 is 0. The molecule has 30 heavy (non-hydrogen) atoms. The first-order chi connectivity index (χ1) is 14.5. The van der Waals surface area contributed by atoms with Crippen molar-refractivity contribution < 1.29 is 4.79 Å². The fourth-order valence-corrected chi connectivity index (χ4v) is 4.12. The maximum atomic E-state index is 12.5. The molecule has 1 aliphatic heterocycles. The Morgan fingerprint density at radius 2 is 1.47 bits per heavy atom. The highest BCUT2D eigenvalue weighted by atomic mass is 16.2. The van der Waals surface area contributed by atoms with Gasteiger partial charge in [0.15, 0.2) is 0 Å². The van der Waals surface area contributed by atoms with Crippen molar-refractivity contribution in [3.63, 3.8) is 0 Å². The molecular formula is C22H33N5O3. The van der Waals surface area contributed by atoms with Crippen molar-refractivity contribution in [3.8, 4) is 0 Å². The molecule has 0 bridgehead atoms. The third-order valence-electron chi connectivity index (χ3n) is 5.73. The molecule has 1 aromatic heterocycles. The third-order valence-corrected chi connectivity index (χ3v) is 5.73. The fraction of sp³-hybridized carbons (Fsp3) is 0.591. The summed E-state index contributed by atoms with van der Waals surface area (Å²) in [5, 5.41) is 2.90. The van der Waals surface area contributed by atoms with Crippen LogP contribution < -0.4 is 16.4 Å². The zero-order chi connectivity index (χ0) is 21.5. The number of aromatic nitrogens is 2. The Kier molecular flexibility index (Phi) is 7.81. The van der Waals surface area contributed by atoms with E-state index in [-0.39, 0.29) is 12.5 Å². The van der Waals surface area contributed by atoms with Crippen LogP contribution >= 0.6 is 0 Å². The van der Waals surface area contributed by atoms with Crippen molar-refractivity contribution >= 4 is 16.9 Å². The van der Waals surface area contributed by atoms with Crippen LogP contribution in [-0.2, 0) is 17.9 Å². The van der Waals surface area contributed by atoms with Crippen molar-refractivity contribution in [2.24, 2.45) is 0 Å². The van der Waals surface area contributed by atoms with Crippen LogP contribution in [-0.4, -0.2) is 70.7 Å². The molecule has 0 atom stereocenters. The minimum absolute atomic E-state index is 0.144. The molecule has 1 aliphatic rings. The van der Waals surface area contributed by atoms with Crippen LogP contribution in [0.15, 0.2) is 33.9 Å². The van der Waals surface area contributed by atoms with Gasteiger partial charge in [-0.2, -0.15) is 0 Å². The van der Waals surface area contributed by atoms with Gasteiger partial charge in [-0.15, -0.1) is 0 Å². The molecule has 1 amide bonds. The molecule has 0 spiro atoms. The van der Waals surface area contributed by atoms with Crippen molar-refractivity contribution in [3.05, 3.63) is 45.0 Å². The Labute approximate surface area is 177 Å². The number of piperazine rings is 1. The van der Waals surface area contributed by atoms with Crippen molar-refractivity contribution in [2.75, 3.05) is 45.8 Å². The Bertz CT molecular complexity index is 973. The molecule has 2 heterocycles. The molecule has 3 rings (SSSR count). The lowest BCUT2D eigenvalue weighted by Crippen LogP contribution is -2.47. The van der Waals surface area contributed by atoms with E-state index in [0.29, 0.717) is 24.1 Å². The molecule has 8 heteroatoms. The number of carbonyl (C=O) groups excluding carboxylic acids is 1. The molecule has 2 aromatic rings. The number of hydrogen-bond donors (Lipinski definition) is 1. The predicted octanol–water partition coefficient (Wildman–Crippen LogP) is 0.717. The standard InChI is InChI=1S/C22H33N5O3/c1-3-11-24-13-15-25(16-14-24)12-7-10-23-20(28)17-27-19-9-6-5-8-18(19)26(4-2)21(29)22(27)30/h5-6,8-9H,3-4,7,10-17H2,1-2H3,(H,23,28). The van der Waals surface area contributed by atoms with Gasteiger partial charge in [0.05, 0.1) is 11.0 Å². The Hall–Kier alpha value is -2.45. The van der Waals surface area contributed by atoms with Gasteiger partial charge in [0.25, 0.3) is 0 Å². The van der Waals surface area contributed by atoms with Gasteiger partial charge < -0.3 is 19.7 Å². The van der Waals surface area contributed by atoms with E-state index in [2.05, 4.69) is 22.0 Å². The highest BCUT2D eigenvalue weighted by molar-refractivity contribution is 5.80. The minimum atomic E-state index is -0.657. The summed E-state index contributed by atoms with van der Waals surface area (Å²) in [7, 11) is 0. The summed E-state index contributed by atoms with van der Waals surface area (Å²) in [6, 6.07) is 7.20. The van der Waals surface area contributed by atoms with Gasteiger partial charge >= 0.3 is 11.1 Å². The van der Waals surface area contributed by atoms with Crippen LogP contribution in [0.4, 0.5) is 0 Å². The normalized spacial score (nSPS) is 15.5. The highest BCUT2D eigenvalue weighted by Gasteiger charge is 2.16. The summed E-state index contributed by atoms with van der Waals surface area (Å²) in [6.45, 7) is 11.4. The second-order valence-electron chi connectivity index (χ2n) is 7.82. The second-order valence-corrected chi connectivity index (χ2v) is 7.82. The predicted molar refractivity (Wildman–Crippen MR) is 119 cm³/mol. The van der Waals surface area contributed by atoms with Gasteiger partial charge in [0.1, 0.15) is 6.54 Å². The number of aryl methyl sites for hydroxylation is 1. The van der Waals surface area contributed by atoms with Crippen LogP contribution in [0.5, 0.6) is 0 Å². The third kappa shape index (κ3) is 5.17. The molecule has 0 saturated carbocycles. The first-order valence-electron chi connectivity index (χ1n) is 11.0. The molecule has 1 aromatic carbocycles.